The molecular formula is C18H28N2. The van der Waals surface area contributed by atoms with Gasteiger partial charge in [-0.05, 0) is 51.6 Å². The first-order valence-electron chi connectivity index (χ1n) is 8.10. The standard InChI is InChI=1S/C18H28N2/c1-17(2,19)18(11-12-18)16-10-6-7-13-20(16)14-15-8-4-3-5-9-15/h3-5,8-9,16H,6-7,10-14,19H2,1-2H3. The number of benzene rings is 1. The summed E-state index contributed by atoms with van der Waals surface area (Å²) in [5.41, 5.74) is 8.28. The third-order valence-corrected chi connectivity index (χ3v) is 5.55. The second-order valence-corrected chi connectivity index (χ2v) is 7.35. The van der Waals surface area contributed by atoms with Gasteiger partial charge in [0.25, 0.3) is 0 Å². The zero-order chi connectivity index (χ0) is 14.2. The minimum Gasteiger partial charge on any atom is -0.325 e. The van der Waals surface area contributed by atoms with Gasteiger partial charge < -0.3 is 5.73 Å². The topological polar surface area (TPSA) is 29.3 Å². The normalized spacial score (nSPS) is 26.4. The van der Waals surface area contributed by atoms with Gasteiger partial charge >= 0.3 is 0 Å². The fourth-order valence-corrected chi connectivity index (χ4v) is 4.17. The highest BCUT2D eigenvalue weighted by molar-refractivity contribution is 5.18. The van der Waals surface area contributed by atoms with Crippen molar-refractivity contribution in [3.8, 4) is 0 Å². The molecule has 1 unspecified atom stereocenters. The third kappa shape index (κ3) is 2.51. The second kappa shape index (κ2) is 5.16. The first kappa shape index (κ1) is 14.1. The first-order chi connectivity index (χ1) is 9.53. The highest BCUT2D eigenvalue weighted by atomic mass is 15.2. The van der Waals surface area contributed by atoms with Crippen LogP contribution in [-0.4, -0.2) is 23.0 Å². The number of likely N-dealkylation sites (tertiary alicyclic amines) is 1. The first-order valence-corrected chi connectivity index (χ1v) is 8.10. The summed E-state index contributed by atoms with van der Waals surface area (Å²) in [7, 11) is 0. The molecule has 1 aliphatic carbocycles. The van der Waals surface area contributed by atoms with Crippen LogP contribution in [0.15, 0.2) is 30.3 Å². The Balaban J connectivity index is 1.78. The monoisotopic (exact) mass is 272 g/mol. The summed E-state index contributed by atoms with van der Waals surface area (Å²) in [5.74, 6) is 0. The van der Waals surface area contributed by atoms with Gasteiger partial charge in [-0.3, -0.25) is 4.90 Å². The van der Waals surface area contributed by atoms with Crippen LogP contribution in [0.3, 0.4) is 0 Å². The van der Waals surface area contributed by atoms with E-state index in [2.05, 4.69) is 49.1 Å². The van der Waals surface area contributed by atoms with Gasteiger partial charge in [-0.25, -0.2) is 0 Å². The van der Waals surface area contributed by atoms with Crippen LogP contribution in [0.1, 0.15) is 51.5 Å². The van der Waals surface area contributed by atoms with Crippen molar-refractivity contribution in [2.24, 2.45) is 11.1 Å². The number of nitrogens with two attached hydrogens (primary N) is 1. The third-order valence-electron chi connectivity index (χ3n) is 5.55. The Morgan fingerprint density at radius 1 is 1.20 bits per heavy atom. The van der Waals surface area contributed by atoms with E-state index in [0.29, 0.717) is 11.5 Å². The maximum atomic E-state index is 6.54. The molecule has 0 bridgehead atoms. The molecule has 2 aliphatic rings. The van der Waals surface area contributed by atoms with Gasteiger partial charge in [-0.1, -0.05) is 36.8 Å². The van der Waals surface area contributed by atoms with E-state index in [1.807, 2.05) is 0 Å². The lowest BCUT2D eigenvalue weighted by Gasteiger charge is -2.46. The van der Waals surface area contributed by atoms with Crippen LogP contribution < -0.4 is 5.73 Å². The fraction of sp³-hybridized carbons (Fsp3) is 0.667. The van der Waals surface area contributed by atoms with Gasteiger partial charge in [0, 0.05) is 23.5 Å². The molecule has 0 aromatic heterocycles. The number of hydrogen-bond acceptors (Lipinski definition) is 2. The number of piperidine rings is 1. The van der Waals surface area contributed by atoms with E-state index in [9.17, 15) is 0 Å². The average molecular weight is 272 g/mol. The van der Waals surface area contributed by atoms with Gasteiger partial charge in [0.05, 0.1) is 0 Å². The lowest BCUT2D eigenvalue weighted by Crippen LogP contribution is -2.55. The van der Waals surface area contributed by atoms with Crippen LogP contribution in [0.5, 0.6) is 0 Å². The summed E-state index contributed by atoms with van der Waals surface area (Å²) >= 11 is 0. The smallest absolute Gasteiger partial charge is 0.0236 e. The fourth-order valence-electron chi connectivity index (χ4n) is 4.17. The van der Waals surface area contributed by atoms with Crippen molar-refractivity contribution in [1.82, 2.24) is 4.90 Å². The molecule has 110 valence electrons. The molecule has 1 aromatic rings. The highest BCUT2D eigenvalue weighted by Crippen LogP contribution is 2.58. The molecule has 20 heavy (non-hydrogen) atoms. The van der Waals surface area contributed by atoms with Crippen molar-refractivity contribution in [2.45, 2.75) is 64.1 Å². The molecule has 1 aliphatic heterocycles. The van der Waals surface area contributed by atoms with Crippen LogP contribution in [0.4, 0.5) is 0 Å². The Labute approximate surface area is 123 Å². The Morgan fingerprint density at radius 2 is 1.90 bits per heavy atom. The van der Waals surface area contributed by atoms with Gasteiger partial charge in [-0.2, -0.15) is 0 Å². The number of nitrogens with zero attached hydrogens (tertiary/aromatic N) is 1. The zero-order valence-corrected chi connectivity index (χ0v) is 12.9. The van der Waals surface area contributed by atoms with E-state index in [0.717, 1.165) is 6.54 Å². The zero-order valence-electron chi connectivity index (χ0n) is 12.9. The Kier molecular flexibility index (Phi) is 3.64. The van der Waals surface area contributed by atoms with Crippen LogP contribution in [0, 0.1) is 5.41 Å². The van der Waals surface area contributed by atoms with Crippen molar-refractivity contribution in [3.63, 3.8) is 0 Å². The molecule has 2 nitrogen and oxygen atoms in total. The molecule has 2 heteroatoms. The van der Waals surface area contributed by atoms with E-state index in [4.69, 9.17) is 5.73 Å². The SMILES string of the molecule is CC(C)(N)C1(C2CCCCN2Cc2ccccc2)CC1. The summed E-state index contributed by atoms with van der Waals surface area (Å²) in [5, 5.41) is 0. The summed E-state index contributed by atoms with van der Waals surface area (Å²) in [6, 6.07) is 11.6. The molecule has 3 rings (SSSR count). The van der Waals surface area contributed by atoms with Crippen LogP contribution in [0.2, 0.25) is 0 Å². The highest BCUT2D eigenvalue weighted by Gasteiger charge is 2.58. The van der Waals surface area contributed by atoms with E-state index < -0.39 is 0 Å². The number of rotatable bonds is 4. The van der Waals surface area contributed by atoms with Crippen molar-refractivity contribution >= 4 is 0 Å². The number of hydrogen-bond donors (Lipinski definition) is 1. The van der Waals surface area contributed by atoms with E-state index in [1.54, 1.807) is 0 Å². The van der Waals surface area contributed by atoms with Gasteiger partial charge in [0.15, 0.2) is 0 Å². The summed E-state index contributed by atoms with van der Waals surface area (Å²) in [6.07, 6.45) is 6.66. The van der Waals surface area contributed by atoms with Gasteiger partial charge in [0.2, 0.25) is 0 Å². The molecule has 1 saturated heterocycles. The second-order valence-electron chi connectivity index (χ2n) is 7.35. The molecule has 1 saturated carbocycles. The van der Waals surface area contributed by atoms with E-state index in [1.165, 1.54) is 44.2 Å². The molecule has 0 amide bonds. The van der Waals surface area contributed by atoms with Gasteiger partial charge in [0.1, 0.15) is 0 Å². The van der Waals surface area contributed by atoms with Crippen LogP contribution in [0.25, 0.3) is 0 Å². The molecule has 1 heterocycles. The maximum Gasteiger partial charge on any atom is 0.0236 e. The summed E-state index contributed by atoms with van der Waals surface area (Å²) < 4.78 is 0. The maximum absolute atomic E-state index is 6.54. The molecule has 0 radical (unpaired) electrons. The van der Waals surface area contributed by atoms with Crippen molar-refractivity contribution < 1.29 is 0 Å². The van der Waals surface area contributed by atoms with E-state index in [-0.39, 0.29) is 5.54 Å². The van der Waals surface area contributed by atoms with Gasteiger partial charge in [-0.15, -0.1) is 0 Å². The van der Waals surface area contributed by atoms with Crippen molar-refractivity contribution in [1.29, 1.82) is 0 Å². The van der Waals surface area contributed by atoms with E-state index >= 15 is 0 Å². The summed E-state index contributed by atoms with van der Waals surface area (Å²) in [4.78, 5) is 2.71. The van der Waals surface area contributed by atoms with Crippen LogP contribution >= 0.6 is 0 Å². The molecule has 2 N–H and O–H groups in total. The summed E-state index contributed by atoms with van der Waals surface area (Å²) in [6.45, 7) is 6.78. The van der Waals surface area contributed by atoms with Crippen LogP contribution in [-0.2, 0) is 6.54 Å². The molecule has 0 spiro atoms. The largest absolute Gasteiger partial charge is 0.325 e. The molecule has 1 aromatic carbocycles. The van der Waals surface area contributed by atoms with Crippen molar-refractivity contribution in [3.05, 3.63) is 35.9 Å². The lowest BCUT2D eigenvalue weighted by molar-refractivity contribution is 0.0477. The Morgan fingerprint density at radius 3 is 2.50 bits per heavy atom. The minimum atomic E-state index is -0.0516. The molecular weight excluding hydrogens is 244 g/mol. The van der Waals surface area contributed by atoms with Crippen molar-refractivity contribution in [2.75, 3.05) is 6.54 Å². The Bertz CT molecular complexity index is 442. The minimum absolute atomic E-state index is 0.0516. The Hall–Kier alpha value is -0.860. The molecule has 2 fully saturated rings. The lowest BCUT2D eigenvalue weighted by atomic mass is 9.75. The average Bonchev–Trinajstić information content (AvgIpc) is 3.21. The quantitative estimate of drug-likeness (QED) is 0.908. The molecule has 1 atom stereocenters. The predicted octanol–water partition coefficient (Wildman–Crippen LogP) is 3.56. The predicted molar refractivity (Wildman–Crippen MR) is 84.4 cm³/mol.